The smallest absolute Gasteiger partial charge is 0.258 e. The zero-order chi connectivity index (χ0) is 15.2. The molecule has 0 spiro atoms. The van der Waals surface area contributed by atoms with Crippen LogP contribution >= 0.6 is 0 Å². The normalized spacial score (nSPS) is 10.2. The summed E-state index contributed by atoms with van der Waals surface area (Å²) >= 11 is 0. The highest BCUT2D eigenvalue weighted by Crippen LogP contribution is 2.24. The van der Waals surface area contributed by atoms with Gasteiger partial charge in [-0.2, -0.15) is 0 Å². The van der Waals surface area contributed by atoms with E-state index >= 15 is 0 Å². The van der Waals surface area contributed by atoms with Crippen LogP contribution in [0.15, 0.2) is 42.6 Å². The van der Waals surface area contributed by atoms with Crippen molar-refractivity contribution in [2.75, 3.05) is 13.7 Å². The van der Waals surface area contributed by atoms with Crippen LogP contribution < -0.4 is 4.74 Å². The molecule has 1 N–H and O–H groups in total. The van der Waals surface area contributed by atoms with E-state index in [4.69, 9.17) is 4.74 Å². The Hall–Kier alpha value is -2.56. The SMILES string of the molecule is CCN(Cc1ccccn1)C(=O)c1cc(OC)ccc1O. The second kappa shape index (κ2) is 6.74. The van der Waals surface area contributed by atoms with Crippen molar-refractivity contribution >= 4 is 5.91 Å². The number of nitrogens with zero attached hydrogens (tertiary/aromatic N) is 2. The fraction of sp³-hybridized carbons (Fsp3) is 0.250. The number of phenolic OH excluding ortho intramolecular Hbond substituents is 1. The van der Waals surface area contributed by atoms with E-state index in [1.54, 1.807) is 23.2 Å². The maximum Gasteiger partial charge on any atom is 0.258 e. The van der Waals surface area contributed by atoms with E-state index in [1.807, 2.05) is 25.1 Å². The van der Waals surface area contributed by atoms with Crippen molar-refractivity contribution in [1.29, 1.82) is 0 Å². The molecule has 5 heteroatoms. The van der Waals surface area contributed by atoms with Gasteiger partial charge in [0.05, 0.1) is 24.9 Å². The zero-order valence-corrected chi connectivity index (χ0v) is 12.1. The number of ether oxygens (including phenoxy) is 1. The van der Waals surface area contributed by atoms with Crippen molar-refractivity contribution in [2.45, 2.75) is 13.5 Å². The number of amides is 1. The first kappa shape index (κ1) is 14.8. The number of rotatable bonds is 5. The molecular formula is C16H18N2O3. The maximum atomic E-state index is 12.6. The van der Waals surface area contributed by atoms with Crippen molar-refractivity contribution in [3.8, 4) is 11.5 Å². The van der Waals surface area contributed by atoms with E-state index < -0.39 is 0 Å². The van der Waals surface area contributed by atoms with Gasteiger partial charge in [-0.3, -0.25) is 9.78 Å². The topological polar surface area (TPSA) is 62.7 Å². The summed E-state index contributed by atoms with van der Waals surface area (Å²) in [5.41, 5.74) is 1.03. The monoisotopic (exact) mass is 286 g/mol. The Morgan fingerprint density at radius 2 is 2.14 bits per heavy atom. The number of methoxy groups -OCH3 is 1. The molecule has 0 aliphatic rings. The first-order valence-corrected chi connectivity index (χ1v) is 6.72. The van der Waals surface area contributed by atoms with Crippen LogP contribution in [0.25, 0.3) is 0 Å². The Bertz CT molecular complexity index is 614. The fourth-order valence-electron chi connectivity index (χ4n) is 2.00. The Morgan fingerprint density at radius 3 is 2.76 bits per heavy atom. The van der Waals surface area contributed by atoms with Gasteiger partial charge >= 0.3 is 0 Å². The standard InChI is InChI=1S/C16H18N2O3/c1-3-18(11-12-6-4-5-9-17-12)16(20)14-10-13(21-2)7-8-15(14)19/h4-10,19H,3,11H2,1-2H3. The number of aromatic hydroxyl groups is 1. The van der Waals surface area contributed by atoms with Gasteiger partial charge in [0.2, 0.25) is 0 Å². The van der Waals surface area contributed by atoms with E-state index in [0.29, 0.717) is 18.8 Å². The van der Waals surface area contributed by atoms with Crippen molar-refractivity contribution in [1.82, 2.24) is 9.88 Å². The lowest BCUT2D eigenvalue weighted by atomic mass is 10.1. The Kier molecular flexibility index (Phi) is 4.77. The van der Waals surface area contributed by atoms with Crippen LogP contribution in [0.5, 0.6) is 11.5 Å². The van der Waals surface area contributed by atoms with Gasteiger partial charge in [-0.1, -0.05) is 6.07 Å². The van der Waals surface area contributed by atoms with Crippen molar-refractivity contribution < 1.29 is 14.6 Å². The third-order valence-electron chi connectivity index (χ3n) is 3.18. The summed E-state index contributed by atoms with van der Waals surface area (Å²) in [6.45, 7) is 2.80. The van der Waals surface area contributed by atoms with E-state index in [-0.39, 0.29) is 17.2 Å². The zero-order valence-electron chi connectivity index (χ0n) is 12.1. The van der Waals surface area contributed by atoms with Crippen LogP contribution in [0.4, 0.5) is 0 Å². The number of carbonyl (C=O) groups excluding carboxylic acids is 1. The summed E-state index contributed by atoms with van der Waals surface area (Å²) < 4.78 is 5.10. The quantitative estimate of drug-likeness (QED) is 0.917. The van der Waals surface area contributed by atoms with Gasteiger partial charge in [-0.25, -0.2) is 0 Å². The lowest BCUT2D eigenvalue weighted by molar-refractivity contribution is 0.0747. The van der Waals surface area contributed by atoms with Crippen molar-refractivity contribution in [3.63, 3.8) is 0 Å². The molecule has 1 amide bonds. The van der Waals surface area contributed by atoms with Crippen LogP contribution in [0.3, 0.4) is 0 Å². The highest BCUT2D eigenvalue weighted by Gasteiger charge is 2.19. The van der Waals surface area contributed by atoms with Gasteiger partial charge in [0.15, 0.2) is 0 Å². The number of pyridine rings is 1. The van der Waals surface area contributed by atoms with E-state index in [2.05, 4.69) is 4.98 Å². The second-order valence-electron chi connectivity index (χ2n) is 4.52. The lowest BCUT2D eigenvalue weighted by Crippen LogP contribution is -2.30. The molecule has 110 valence electrons. The Morgan fingerprint density at radius 1 is 1.33 bits per heavy atom. The van der Waals surface area contributed by atoms with Gasteiger partial charge in [0, 0.05) is 12.7 Å². The van der Waals surface area contributed by atoms with E-state index in [9.17, 15) is 9.90 Å². The summed E-state index contributed by atoms with van der Waals surface area (Å²) in [5.74, 6) is 0.227. The molecule has 0 saturated heterocycles. The molecule has 1 aromatic carbocycles. The number of aromatic nitrogens is 1. The summed E-state index contributed by atoms with van der Waals surface area (Å²) in [5, 5.41) is 9.89. The van der Waals surface area contributed by atoms with Gasteiger partial charge in [0.25, 0.3) is 5.91 Å². The predicted octanol–water partition coefficient (Wildman–Crippen LogP) is 2.46. The molecule has 2 rings (SSSR count). The lowest BCUT2D eigenvalue weighted by Gasteiger charge is -2.21. The molecule has 0 radical (unpaired) electrons. The highest BCUT2D eigenvalue weighted by molar-refractivity contribution is 5.97. The molecule has 0 bridgehead atoms. The molecular weight excluding hydrogens is 268 g/mol. The summed E-state index contributed by atoms with van der Waals surface area (Å²) in [7, 11) is 1.52. The number of hydrogen-bond donors (Lipinski definition) is 1. The first-order chi connectivity index (χ1) is 10.2. The number of hydrogen-bond acceptors (Lipinski definition) is 4. The molecule has 0 saturated carbocycles. The molecule has 0 aliphatic heterocycles. The van der Waals surface area contributed by atoms with Crippen LogP contribution in [0, 0.1) is 0 Å². The van der Waals surface area contributed by atoms with Crippen molar-refractivity contribution in [3.05, 3.63) is 53.9 Å². The molecule has 5 nitrogen and oxygen atoms in total. The van der Waals surface area contributed by atoms with Gasteiger partial charge in [-0.05, 0) is 37.3 Å². The molecule has 0 aliphatic carbocycles. The molecule has 1 heterocycles. The minimum atomic E-state index is -0.250. The molecule has 0 atom stereocenters. The minimum Gasteiger partial charge on any atom is -0.507 e. The summed E-state index contributed by atoms with van der Waals surface area (Å²) in [6.07, 6.45) is 1.69. The number of benzene rings is 1. The van der Waals surface area contributed by atoms with Gasteiger partial charge in [0.1, 0.15) is 11.5 Å². The third-order valence-corrected chi connectivity index (χ3v) is 3.18. The summed E-state index contributed by atoms with van der Waals surface area (Å²) in [6, 6.07) is 10.2. The van der Waals surface area contributed by atoms with Crippen LogP contribution in [0.2, 0.25) is 0 Å². The molecule has 1 aromatic heterocycles. The van der Waals surface area contributed by atoms with Crippen LogP contribution in [-0.4, -0.2) is 34.6 Å². The van der Waals surface area contributed by atoms with E-state index in [1.165, 1.54) is 13.2 Å². The van der Waals surface area contributed by atoms with E-state index in [0.717, 1.165) is 5.69 Å². The van der Waals surface area contributed by atoms with Crippen LogP contribution in [0.1, 0.15) is 23.0 Å². The molecule has 2 aromatic rings. The number of phenols is 1. The number of carbonyl (C=O) groups is 1. The van der Waals surface area contributed by atoms with Gasteiger partial charge < -0.3 is 14.7 Å². The summed E-state index contributed by atoms with van der Waals surface area (Å²) in [4.78, 5) is 18.4. The molecule has 0 unspecified atom stereocenters. The molecule has 21 heavy (non-hydrogen) atoms. The Balaban J connectivity index is 2.24. The highest BCUT2D eigenvalue weighted by atomic mass is 16.5. The first-order valence-electron chi connectivity index (χ1n) is 6.72. The maximum absolute atomic E-state index is 12.6. The average molecular weight is 286 g/mol. The van der Waals surface area contributed by atoms with Gasteiger partial charge in [-0.15, -0.1) is 0 Å². The van der Waals surface area contributed by atoms with Crippen molar-refractivity contribution in [2.24, 2.45) is 0 Å². The fourth-order valence-corrected chi connectivity index (χ4v) is 2.00. The predicted molar refractivity (Wildman–Crippen MR) is 79.3 cm³/mol. The molecule has 0 fully saturated rings. The largest absolute Gasteiger partial charge is 0.507 e. The average Bonchev–Trinajstić information content (AvgIpc) is 2.53. The Labute approximate surface area is 123 Å². The van der Waals surface area contributed by atoms with Crippen LogP contribution in [-0.2, 0) is 6.54 Å². The second-order valence-corrected chi connectivity index (χ2v) is 4.52. The minimum absolute atomic E-state index is 0.0553. The third kappa shape index (κ3) is 3.51.